The third-order valence-corrected chi connectivity index (χ3v) is 3.89. The van der Waals surface area contributed by atoms with E-state index in [1.807, 2.05) is 49.3 Å². The molecule has 0 bridgehead atoms. The molecule has 0 saturated carbocycles. The van der Waals surface area contributed by atoms with Crippen molar-refractivity contribution in [1.29, 1.82) is 0 Å². The quantitative estimate of drug-likeness (QED) is 0.552. The minimum atomic E-state index is 0.565. The molecule has 1 aromatic carbocycles. The van der Waals surface area contributed by atoms with Gasteiger partial charge in [0.25, 0.3) is 0 Å². The van der Waals surface area contributed by atoms with Gasteiger partial charge < -0.3 is 9.42 Å². The Morgan fingerprint density at radius 1 is 1.16 bits per heavy atom. The molecule has 0 unspecified atom stereocenters. The molecule has 3 heterocycles. The van der Waals surface area contributed by atoms with Crippen LogP contribution in [0.5, 0.6) is 0 Å². The lowest BCUT2D eigenvalue weighted by Crippen LogP contribution is -2.10. The van der Waals surface area contributed by atoms with Crippen LogP contribution in [0.3, 0.4) is 0 Å². The van der Waals surface area contributed by atoms with E-state index in [1.54, 1.807) is 11.0 Å². The SMILES string of the molecule is CN(C)c1cc(-c2noc(CCn3cncn3)n2)c2ccccc2n1. The van der Waals surface area contributed by atoms with Crippen LogP contribution in [0.4, 0.5) is 5.82 Å². The first-order valence-corrected chi connectivity index (χ1v) is 7.93. The molecule has 0 N–H and O–H groups in total. The van der Waals surface area contributed by atoms with Gasteiger partial charge in [0.05, 0.1) is 12.1 Å². The lowest BCUT2D eigenvalue weighted by atomic mass is 10.1. The van der Waals surface area contributed by atoms with Gasteiger partial charge in [-0.3, -0.25) is 4.68 Å². The number of anilines is 1. The van der Waals surface area contributed by atoms with Crippen LogP contribution in [-0.2, 0) is 13.0 Å². The molecular formula is C17H17N7O. The fraction of sp³-hybridized carbons (Fsp3) is 0.235. The van der Waals surface area contributed by atoms with Crippen molar-refractivity contribution in [2.24, 2.45) is 0 Å². The zero-order valence-electron chi connectivity index (χ0n) is 14.0. The maximum atomic E-state index is 5.41. The van der Waals surface area contributed by atoms with Gasteiger partial charge in [0.15, 0.2) is 0 Å². The van der Waals surface area contributed by atoms with E-state index in [0.29, 0.717) is 24.7 Å². The van der Waals surface area contributed by atoms with E-state index in [0.717, 1.165) is 22.3 Å². The number of fused-ring (bicyclic) bond motifs is 1. The zero-order valence-corrected chi connectivity index (χ0v) is 14.0. The normalized spacial score (nSPS) is 11.1. The van der Waals surface area contributed by atoms with Gasteiger partial charge in [-0.2, -0.15) is 10.1 Å². The number of rotatable bonds is 5. The molecule has 0 spiro atoms. The maximum absolute atomic E-state index is 5.41. The van der Waals surface area contributed by atoms with Crippen molar-refractivity contribution in [2.75, 3.05) is 19.0 Å². The van der Waals surface area contributed by atoms with Crippen molar-refractivity contribution in [3.8, 4) is 11.4 Å². The van der Waals surface area contributed by atoms with Crippen molar-refractivity contribution in [2.45, 2.75) is 13.0 Å². The van der Waals surface area contributed by atoms with Crippen molar-refractivity contribution < 1.29 is 4.52 Å². The molecule has 4 aromatic rings. The molecule has 126 valence electrons. The highest BCUT2D eigenvalue weighted by molar-refractivity contribution is 5.94. The number of nitrogens with zero attached hydrogens (tertiary/aromatic N) is 7. The van der Waals surface area contributed by atoms with Gasteiger partial charge >= 0.3 is 0 Å². The Hall–Kier alpha value is -3.29. The molecule has 0 aliphatic rings. The van der Waals surface area contributed by atoms with E-state index in [4.69, 9.17) is 4.52 Å². The number of para-hydroxylation sites is 1. The van der Waals surface area contributed by atoms with Gasteiger partial charge in [-0.05, 0) is 12.1 Å². The van der Waals surface area contributed by atoms with E-state index in [-0.39, 0.29) is 0 Å². The second-order valence-electron chi connectivity index (χ2n) is 5.86. The van der Waals surface area contributed by atoms with Gasteiger partial charge in [-0.1, -0.05) is 23.4 Å². The van der Waals surface area contributed by atoms with Crippen LogP contribution in [0.25, 0.3) is 22.3 Å². The first-order valence-electron chi connectivity index (χ1n) is 7.93. The lowest BCUT2D eigenvalue weighted by molar-refractivity contribution is 0.369. The minimum Gasteiger partial charge on any atom is -0.363 e. The van der Waals surface area contributed by atoms with Crippen molar-refractivity contribution in [3.05, 3.63) is 48.9 Å². The van der Waals surface area contributed by atoms with Crippen LogP contribution in [0.15, 0.2) is 47.5 Å². The van der Waals surface area contributed by atoms with Gasteiger partial charge in [-0.15, -0.1) is 0 Å². The highest BCUT2D eigenvalue weighted by Gasteiger charge is 2.14. The van der Waals surface area contributed by atoms with E-state index in [9.17, 15) is 0 Å². The molecule has 0 saturated heterocycles. The highest BCUT2D eigenvalue weighted by Crippen LogP contribution is 2.29. The molecule has 0 radical (unpaired) electrons. The molecule has 4 rings (SSSR count). The average Bonchev–Trinajstić information content (AvgIpc) is 3.30. The number of aryl methyl sites for hydroxylation is 2. The fourth-order valence-electron chi connectivity index (χ4n) is 2.60. The second kappa shape index (κ2) is 6.31. The summed E-state index contributed by atoms with van der Waals surface area (Å²) < 4.78 is 7.14. The third-order valence-electron chi connectivity index (χ3n) is 3.89. The summed E-state index contributed by atoms with van der Waals surface area (Å²) in [7, 11) is 3.92. The van der Waals surface area contributed by atoms with Crippen molar-refractivity contribution in [3.63, 3.8) is 0 Å². The van der Waals surface area contributed by atoms with Crippen LogP contribution >= 0.6 is 0 Å². The molecular weight excluding hydrogens is 318 g/mol. The van der Waals surface area contributed by atoms with Gasteiger partial charge in [-0.25, -0.2) is 9.97 Å². The monoisotopic (exact) mass is 335 g/mol. The Morgan fingerprint density at radius 2 is 2.04 bits per heavy atom. The van der Waals surface area contributed by atoms with E-state index < -0.39 is 0 Å². The molecule has 0 amide bonds. The number of aromatic nitrogens is 6. The Labute approximate surface area is 144 Å². The second-order valence-corrected chi connectivity index (χ2v) is 5.86. The summed E-state index contributed by atoms with van der Waals surface area (Å²) in [5.74, 6) is 1.98. The molecule has 0 aliphatic carbocycles. The maximum Gasteiger partial charge on any atom is 0.228 e. The van der Waals surface area contributed by atoms with E-state index in [1.165, 1.54) is 6.33 Å². The summed E-state index contributed by atoms with van der Waals surface area (Å²) >= 11 is 0. The molecule has 0 aliphatic heterocycles. The molecule has 3 aromatic heterocycles. The van der Waals surface area contributed by atoms with Gasteiger partial charge in [0, 0.05) is 31.5 Å². The van der Waals surface area contributed by atoms with E-state index in [2.05, 4.69) is 25.2 Å². The molecule has 8 heteroatoms. The van der Waals surface area contributed by atoms with Crippen molar-refractivity contribution in [1.82, 2.24) is 29.9 Å². The summed E-state index contributed by atoms with van der Waals surface area (Å²) in [6.45, 7) is 0.641. The lowest BCUT2D eigenvalue weighted by Gasteiger charge is -2.13. The average molecular weight is 335 g/mol. The zero-order chi connectivity index (χ0) is 17.2. The Balaban J connectivity index is 1.69. The van der Waals surface area contributed by atoms with Crippen LogP contribution in [-0.4, -0.2) is 44.0 Å². The van der Waals surface area contributed by atoms with Crippen LogP contribution < -0.4 is 4.90 Å². The summed E-state index contributed by atoms with van der Waals surface area (Å²) in [5.41, 5.74) is 1.81. The Kier molecular flexibility index (Phi) is 3.85. The van der Waals surface area contributed by atoms with Gasteiger partial charge in [0.1, 0.15) is 18.5 Å². The first kappa shape index (κ1) is 15.3. The third kappa shape index (κ3) is 3.06. The van der Waals surface area contributed by atoms with Crippen LogP contribution in [0.2, 0.25) is 0 Å². The molecule has 0 fully saturated rings. The largest absolute Gasteiger partial charge is 0.363 e. The molecule has 25 heavy (non-hydrogen) atoms. The Bertz CT molecular complexity index is 991. The fourth-order valence-corrected chi connectivity index (χ4v) is 2.60. The topological polar surface area (TPSA) is 85.8 Å². The van der Waals surface area contributed by atoms with Crippen molar-refractivity contribution >= 4 is 16.7 Å². The molecule has 0 atom stereocenters. The minimum absolute atomic E-state index is 0.565. The van der Waals surface area contributed by atoms with Crippen LogP contribution in [0, 0.1) is 0 Å². The predicted octanol–water partition coefficient (Wildman–Crippen LogP) is 2.18. The van der Waals surface area contributed by atoms with Crippen LogP contribution in [0.1, 0.15) is 5.89 Å². The van der Waals surface area contributed by atoms with Gasteiger partial charge in [0.2, 0.25) is 11.7 Å². The summed E-state index contributed by atoms with van der Waals surface area (Å²) in [6.07, 6.45) is 3.77. The summed E-state index contributed by atoms with van der Waals surface area (Å²) in [6, 6.07) is 9.93. The number of benzene rings is 1. The number of hydrogen-bond acceptors (Lipinski definition) is 7. The molecule has 8 nitrogen and oxygen atoms in total. The first-order chi connectivity index (χ1) is 12.2. The number of pyridine rings is 1. The predicted molar refractivity (Wildman–Crippen MR) is 93.1 cm³/mol. The highest BCUT2D eigenvalue weighted by atomic mass is 16.5. The number of hydrogen-bond donors (Lipinski definition) is 0. The summed E-state index contributed by atoms with van der Waals surface area (Å²) in [5, 5.41) is 9.23. The smallest absolute Gasteiger partial charge is 0.228 e. The van der Waals surface area contributed by atoms with E-state index >= 15 is 0 Å². The standard InChI is InChI=1S/C17H17N7O/c1-23(2)15-9-13(12-5-3-4-6-14(12)20-15)17-21-16(25-22-17)7-8-24-11-18-10-19-24/h3-6,9-11H,7-8H2,1-2H3. The Morgan fingerprint density at radius 3 is 2.84 bits per heavy atom. The summed E-state index contributed by atoms with van der Waals surface area (Å²) in [4.78, 5) is 15.1.